The average molecular weight is 542 g/mol. The lowest BCUT2D eigenvalue weighted by Gasteiger charge is -2.12. The summed E-state index contributed by atoms with van der Waals surface area (Å²) in [5, 5.41) is 12.9. The SMILES string of the molecule is O=C(COc1ccc(/C=C2\SC(=O)N(Cc3ccc([N+](=O)[O-])cc3)C2=O)cc1Cl)Nc1ccccc1F. The Hall–Kier alpha value is -4.22. The zero-order chi connectivity index (χ0) is 26.5. The summed E-state index contributed by atoms with van der Waals surface area (Å²) in [6, 6.07) is 15.9. The van der Waals surface area contributed by atoms with Crippen LogP contribution in [0.15, 0.2) is 71.6 Å². The second kappa shape index (κ2) is 11.2. The van der Waals surface area contributed by atoms with Gasteiger partial charge >= 0.3 is 0 Å². The number of anilines is 1. The number of amides is 3. The van der Waals surface area contributed by atoms with E-state index in [9.17, 15) is 28.9 Å². The van der Waals surface area contributed by atoms with E-state index in [1.807, 2.05) is 0 Å². The molecule has 0 radical (unpaired) electrons. The minimum Gasteiger partial charge on any atom is -0.482 e. The minimum atomic E-state index is -0.577. The van der Waals surface area contributed by atoms with Crippen LogP contribution in [-0.2, 0) is 16.1 Å². The zero-order valence-electron chi connectivity index (χ0n) is 18.9. The van der Waals surface area contributed by atoms with Gasteiger partial charge in [-0.3, -0.25) is 29.4 Å². The normalized spacial score (nSPS) is 14.2. The van der Waals surface area contributed by atoms with E-state index in [1.54, 1.807) is 12.1 Å². The predicted molar refractivity (Wildman–Crippen MR) is 137 cm³/mol. The monoisotopic (exact) mass is 541 g/mol. The molecule has 0 unspecified atom stereocenters. The number of halogens is 2. The van der Waals surface area contributed by atoms with Crippen molar-refractivity contribution in [2.75, 3.05) is 11.9 Å². The molecule has 0 aromatic heterocycles. The third kappa shape index (κ3) is 6.32. The average Bonchev–Trinajstić information content (AvgIpc) is 3.12. The van der Waals surface area contributed by atoms with Crippen LogP contribution < -0.4 is 10.1 Å². The summed E-state index contributed by atoms with van der Waals surface area (Å²) in [5.74, 6) is -1.45. The van der Waals surface area contributed by atoms with Gasteiger partial charge in [0.25, 0.3) is 22.7 Å². The molecule has 188 valence electrons. The molecule has 0 saturated carbocycles. The molecule has 37 heavy (non-hydrogen) atoms. The highest BCUT2D eigenvalue weighted by atomic mass is 35.5. The lowest BCUT2D eigenvalue weighted by atomic mass is 10.2. The van der Waals surface area contributed by atoms with Gasteiger partial charge in [-0.1, -0.05) is 41.9 Å². The van der Waals surface area contributed by atoms with Crippen molar-refractivity contribution in [2.45, 2.75) is 6.54 Å². The number of carbonyl (C=O) groups is 3. The molecule has 3 aromatic carbocycles. The Bertz CT molecular complexity index is 1430. The van der Waals surface area contributed by atoms with Crippen molar-refractivity contribution in [3.05, 3.63) is 104 Å². The van der Waals surface area contributed by atoms with Gasteiger partial charge in [0.15, 0.2) is 6.61 Å². The zero-order valence-corrected chi connectivity index (χ0v) is 20.4. The maximum atomic E-state index is 13.7. The number of hydrogen-bond donors (Lipinski definition) is 1. The van der Waals surface area contributed by atoms with Gasteiger partial charge in [0.05, 0.1) is 27.1 Å². The number of hydrogen-bond acceptors (Lipinski definition) is 7. The molecule has 0 bridgehead atoms. The number of imide groups is 1. The van der Waals surface area contributed by atoms with E-state index >= 15 is 0 Å². The van der Waals surface area contributed by atoms with E-state index in [0.29, 0.717) is 11.1 Å². The number of non-ortho nitro benzene ring substituents is 1. The van der Waals surface area contributed by atoms with Gasteiger partial charge in [0, 0.05) is 12.1 Å². The lowest BCUT2D eigenvalue weighted by Crippen LogP contribution is -2.27. The first kappa shape index (κ1) is 25.9. The van der Waals surface area contributed by atoms with Gasteiger partial charge in [-0.2, -0.15) is 0 Å². The summed E-state index contributed by atoms with van der Waals surface area (Å²) < 4.78 is 19.1. The third-order valence-corrected chi connectivity index (χ3v) is 6.32. The van der Waals surface area contributed by atoms with Crippen LogP contribution in [0.25, 0.3) is 6.08 Å². The fraction of sp³-hybridized carbons (Fsp3) is 0.0800. The highest BCUT2D eigenvalue weighted by Gasteiger charge is 2.35. The number of ether oxygens (including phenoxy) is 1. The first-order chi connectivity index (χ1) is 17.7. The van der Waals surface area contributed by atoms with Crippen molar-refractivity contribution >= 4 is 57.9 Å². The number of carbonyl (C=O) groups excluding carboxylic acids is 3. The molecule has 1 aliphatic heterocycles. The van der Waals surface area contributed by atoms with E-state index in [1.165, 1.54) is 60.7 Å². The fourth-order valence-electron chi connectivity index (χ4n) is 3.31. The first-order valence-electron chi connectivity index (χ1n) is 10.7. The van der Waals surface area contributed by atoms with E-state index in [0.717, 1.165) is 16.7 Å². The quantitative estimate of drug-likeness (QED) is 0.222. The van der Waals surface area contributed by atoms with Gasteiger partial charge in [-0.15, -0.1) is 0 Å². The van der Waals surface area contributed by atoms with Crippen molar-refractivity contribution < 1.29 is 28.4 Å². The van der Waals surface area contributed by atoms with Crippen molar-refractivity contribution in [2.24, 2.45) is 0 Å². The Morgan fingerprint density at radius 2 is 1.86 bits per heavy atom. The summed E-state index contributed by atoms with van der Waals surface area (Å²) in [6.45, 7) is -0.433. The summed E-state index contributed by atoms with van der Waals surface area (Å²) >= 11 is 7.02. The minimum absolute atomic E-state index is 0.0253. The second-order valence-corrected chi connectivity index (χ2v) is 9.10. The molecule has 0 atom stereocenters. The van der Waals surface area contributed by atoms with E-state index in [4.69, 9.17) is 16.3 Å². The van der Waals surface area contributed by atoms with E-state index < -0.39 is 34.4 Å². The molecular weight excluding hydrogens is 525 g/mol. The smallest absolute Gasteiger partial charge is 0.293 e. The molecule has 3 amide bonds. The molecule has 12 heteroatoms. The summed E-state index contributed by atoms with van der Waals surface area (Å²) in [6.07, 6.45) is 1.50. The third-order valence-electron chi connectivity index (χ3n) is 5.12. The summed E-state index contributed by atoms with van der Waals surface area (Å²) in [4.78, 5) is 48.7. The van der Waals surface area contributed by atoms with Crippen molar-refractivity contribution in [1.82, 2.24) is 4.90 Å². The van der Waals surface area contributed by atoms with Crippen molar-refractivity contribution in [3.63, 3.8) is 0 Å². The molecule has 1 N–H and O–H groups in total. The molecule has 1 saturated heterocycles. The van der Waals surface area contributed by atoms with Gasteiger partial charge < -0.3 is 10.1 Å². The van der Waals surface area contributed by atoms with Crippen LogP contribution in [0.1, 0.15) is 11.1 Å². The largest absolute Gasteiger partial charge is 0.482 e. The van der Waals surface area contributed by atoms with Gasteiger partial charge in [0.2, 0.25) is 0 Å². The number of nitro groups is 1. The Balaban J connectivity index is 1.38. The number of benzene rings is 3. The lowest BCUT2D eigenvalue weighted by molar-refractivity contribution is -0.384. The summed E-state index contributed by atoms with van der Waals surface area (Å²) in [5.41, 5.74) is 1.03. The number of thioether (sulfide) groups is 1. The number of rotatable bonds is 8. The molecule has 0 aliphatic carbocycles. The van der Waals surface area contributed by atoms with E-state index in [2.05, 4.69) is 5.32 Å². The first-order valence-corrected chi connectivity index (χ1v) is 11.9. The van der Waals surface area contributed by atoms with Crippen LogP contribution in [0.5, 0.6) is 5.75 Å². The van der Waals surface area contributed by atoms with Gasteiger partial charge in [-0.05, 0) is 53.2 Å². The Morgan fingerprint density at radius 1 is 1.14 bits per heavy atom. The molecule has 9 nitrogen and oxygen atoms in total. The molecule has 1 aliphatic rings. The molecule has 0 spiro atoms. The Kier molecular flexibility index (Phi) is 7.85. The fourth-order valence-corrected chi connectivity index (χ4v) is 4.39. The van der Waals surface area contributed by atoms with Crippen molar-refractivity contribution in [1.29, 1.82) is 0 Å². The maximum Gasteiger partial charge on any atom is 0.293 e. The van der Waals surface area contributed by atoms with Crippen LogP contribution in [0, 0.1) is 15.9 Å². The molecular formula is C25H17ClFN3O6S. The van der Waals surface area contributed by atoms with E-state index in [-0.39, 0.29) is 33.6 Å². The van der Waals surface area contributed by atoms with Gasteiger partial charge in [-0.25, -0.2) is 4.39 Å². The second-order valence-electron chi connectivity index (χ2n) is 7.70. The molecule has 1 heterocycles. The molecule has 3 aromatic rings. The highest BCUT2D eigenvalue weighted by Crippen LogP contribution is 2.35. The van der Waals surface area contributed by atoms with Crippen LogP contribution in [0.3, 0.4) is 0 Å². The van der Waals surface area contributed by atoms with Crippen LogP contribution >= 0.6 is 23.4 Å². The number of para-hydroxylation sites is 1. The number of nitrogens with one attached hydrogen (secondary N) is 1. The Morgan fingerprint density at radius 3 is 2.54 bits per heavy atom. The number of nitrogens with zero attached hydrogens (tertiary/aromatic N) is 2. The van der Waals surface area contributed by atoms with Crippen LogP contribution in [0.4, 0.5) is 20.6 Å². The number of nitro benzene ring substituents is 1. The highest BCUT2D eigenvalue weighted by molar-refractivity contribution is 8.18. The van der Waals surface area contributed by atoms with Crippen molar-refractivity contribution in [3.8, 4) is 5.75 Å². The van der Waals surface area contributed by atoms with Crippen LogP contribution in [-0.4, -0.2) is 33.5 Å². The van der Waals surface area contributed by atoms with Crippen LogP contribution in [0.2, 0.25) is 5.02 Å². The maximum absolute atomic E-state index is 13.7. The molecule has 1 fully saturated rings. The molecule has 4 rings (SSSR count). The summed E-state index contributed by atoms with van der Waals surface area (Å²) in [7, 11) is 0. The predicted octanol–water partition coefficient (Wildman–Crippen LogP) is 5.64. The van der Waals surface area contributed by atoms with Gasteiger partial charge in [0.1, 0.15) is 11.6 Å². The Labute approximate surface area is 219 Å². The topological polar surface area (TPSA) is 119 Å². The standard InChI is InChI=1S/C25H17ClFN3O6S/c26-18-11-16(7-10-21(18)36-14-23(31)28-20-4-2-1-3-19(20)27)12-22-24(32)29(25(33)37-22)13-15-5-8-17(9-6-15)30(34)35/h1-12H,13-14H2,(H,28,31)/b22-12-.